The molecule has 0 amide bonds. The third-order valence-corrected chi connectivity index (χ3v) is 5.08. The number of alkyl halides is 3. The summed E-state index contributed by atoms with van der Waals surface area (Å²) in [5, 5.41) is 20.0. The maximum atomic E-state index is 13.0. The molecule has 31 heavy (non-hydrogen) atoms. The number of hydrogen-bond acceptors (Lipinski definition) is 7. The van der Waals surface area contributed by atoms with Gasteiger partial charge in [-0.15, -0.1) is 0 Å². The Labute approximate surface area is 173 Å². The topological polar surface area (TPSA) is 115 Å². The number of nitro benzene ring substituents is 1. The Morgan fingerprint density at radius 1 is 1.10 bits per heavy atom. The first-order chi connectivity index (χ1) is 14.8. The number of fused-ring (bicyclic) bond motifs is 1. The van der Waals surface area contributed by atoms with E-state index in [2.05, 4.69) is 15.0 Å². The fraction of sp³-hybridized carbons (Fsp3) is 0.316. The predicted octanol–water partition coefficient (Wildman–Crippen LogP) is 3.47. The number of aromatic amines is 1. The SMILES string of the molecule is N#Cc1nc(N2CCCN(c3nc4ccc([N+](=O)[O-])cc4[nH]3)CC2)ccc1C(F)(F)F. The van der Waals surface area contributed by atoms with Crippen LogP contribution in [0.4, 0.5) is 30.6 Å². The van der Waals surface area contributed by atoms with Crippen LogP contribution in [0.3, 0.4) is 0 Å². The van der Waals surface area contributed by atoms with Gasteiger partial charge in [-0.25, -0.2) is 9.97 Å². The Morgan fingerprint density at radius 3 is 2.55 bits per heavy atom. The number of rotatable bonds is 3. The van der Waals surface area contributed by atoms with Crippen LogP contribution in [0, 0.1) is 21.4 Å². The van der Waals surface area contributed by atoms with Crippen LogP contribution in [0.1, 0.15) is 17.7 Å². The number of hydrogen-bond donors (Lipinski definition) is 1. The van der Waals surface area contributed by atoms with Crippen LogP contribution in [0.25, 0.3) is 11.0 Å². The van der Waals surface area contributed by atoms with Crippen molar-refractivity contribution >= 4 is 28.5 Å². The van der Waals surface area contributed by atoms with Crippen molar-refractivity contribution < 1.29 is 18.1 Å². The number of nitriles is 1. The van der Waals surface area contributed by atoms with Crippen LogP contribution < -0.4 is 9.80 Å². The number of halogens is 3. The van der Waals surface area contributed by atoms with E-state index in [0.717, 1.165) is 6.07 Å². The van der Waals surface area contributed by atoms with E-state index in [4.69, 9.17) is 5.26 Å². The van der Waals surface area contributed by atoms with Gasteiger partial charge in [0, 0.05) is 38.3 Å². The molecular formula is C19H16F3N7O2. The Kier molecular flexibility index (Phi) is 5.10. The number of H-pyrrole nitrogens is 1. The second-order valence-electron chi connectivity index (χ2n) is 7.02. The number of nitrogens with one attached hydrogen (secondary N) is 1. The highest BCUT2D eigenvalue weighted by atomic mass is 19.4. The zero-order chi connectivity index (χ0) is 22.2. The lowest BCUT2D eigenvalue weighted by molar-refractivity contribution is -0.384. The number of imidazole rings is 1. The molecular weight excluding hydrogens is 415 g/mol. The molecule has 3 heterocycles. The molecule has 1 aromatic carbocycles. The van der Waals surface area contributed by atoms with Crippen molar-refractivity contribution in [3.05, 3.63) is 51.7 Å². The molecule has 1 fully saturated rings. The lowest BCUT2D eigenvalue weighted by atomic mass is 10.2. The highest BCUT2D eigenvalue weighted by molar-refractivity contribution is 5.80. The van der Waals surface area contributed by atoms with E-state index < -0.39 is 22.4 Å². The fourth-order valence-corrected chi connectivity index (χ4v) is 3.54. The van der Waals surface area contributed by atoms with E-state index in [0.29, 0.717) is 55.4 Å². The van der Waals surface area contributed by atoms with E-state index in [1.54, 1.807) is 6.07 Å². The number of aromatic nitrogens is 3. The van der Waals surface area contributed by atoms with Crippen LogP contribution in [0.2, 0.25) is 0 Å². The first kappa shape index (κ1) is 20.4. The molecule has 0 atom stereocenters. The van der Waals surface area contributed by atoms with Crippen LogP contribution in [0.15, 0.2) is 30.3 Å². The van der Waals surface area contributed by atoms with Crippen molar-refractivity contribution in [2.75, 3.05) is 36.0 Å². The molecule has 1 saturated heterocycles. The zero-order valence-corrected chi connectivity index (χ0v) is 16.1. The summed E-state index contributed by atoms with van der Waals surface area (Å²) in [6.45, 7) is 2.14. The molecule has 9 nitrogen and oxygen atoms in total. The summed E-state index contributed by atoms with van der Waals surface area (Å²) in [4.78, 5) is 25.8. The Balaban J connectivity index is 1.53. The second-order valence-corrected chi connectivity index (χ2v) is 7.02. The van der Waals surface area contributed by atoms with Crippen molar-refractivity contribution in [2.45, 2.75) is 12.6 Å². The van der Waals surface area contributed by atoms with Gasteiger partial charge in [-0.3, -0.25) is 10.1 Å². The molecule has 1 aliphatic heterocycles. The van der Waals surface area contributed by atoms with E-state index in [-0.39, 0.29) is 5.69 Å². The van der Waals surface area contributed by atoms with Gasteiger partial charge in [-0.1, -0.05) is 0 Å². The van der Waals surface area contributed by atoms with Crippen LogP contribution in [0.5, 0.6) is 0 Å². The van der Waals surface area contributed by atoms with Crippen molar-refractivity contribution in [1.82, 2.24) is 15.0 Å². The van der Waals surface area contributed by atoms with Gasteiger partial charge < -0.3 is 14.8 Å². The summed E-state index contributed by atoms with van der Waals surface area (Å²) in [5.41, 5.74) is -0.582. The number of non-ortho nitro benzene ring substituents is 1. The lowest BCUT2D eigenvalue weighted by Crippen LogP contribution is -2.31. The van der Waals surface area contributed by atoms with Crippen molar-refractivity contribution in [2.24, 2.45) is 0 Å². The van der Waals surface area contributed by atoms with E-state index in [1.165, 1.54) is 24.3 Å². The monoisotopic (exact) mass is 431 g/mol. The molecule has 2 aromatic heterocycles. The average molecular weight is 431 g/mol. The quantitative estimate of drug-likeness (QED) is 0.499. The van der Waals surface area contributed by atoms with Gasteiger partial charge in [0.15, 0.2) is 5.69 Å². The second kappa shape index (κ2) is 7.75. The fourth-order valence-electron chi connectivity index (χ4n) is 3.54. The van der Waals surface area contributed by atoms with Gasteiger partial charge in [-0.2, -0.15) is 18.4 Å². The lowest BCUT2D eigenvalue weighted by Gasteiger charge is -2.23. The van der Waals surface area contributed by atoms with Crippen LogP contribution in [-0.2, 0) is 6.18 Å². The summed E-state index contributed by atoms with van der Waals surface area (Å²) < 4.78 is 39.0. The molecule has 1 aliphatic rings. The van der Waals surface area contributed by atoms with Gasteiger partial charge in [0.2, 0.25) is 5.95 Å². The summed E-state index contributed by atoms with van der Waals surface area (Å²) in [7, 11) is 0. The number of nitrogens with zero attached hydrogens (tertiary/aromatic N) is 6. The maximum Gasteiger partial charge on any atom is 0.419 e. The average Bonchev–Trinajstić information content (AvgIpc) is 3.00. The molecule has 1 N–H and O–H groups in total. The molecule has 160 valence electrons. The number of pyridine rings is 1. The largest absolute Gasteiger partial charge is 0.419 e. The molecule has 12 heteroatoms. The minimum atomic E-state index is -4.64. The smallest absolute Gasteiger partial charge is 0.355 e. The van der Waals surface area contributed by atoms with Crippen molar-refractivity contribution in [3.63, 3.8) is 0 Å². The minimum Gasteiger partial charge on any atom is -0.355 e. The molecule has 0 aliphatic carbocycles. The first-order valence-corrected chi connectivity index (χ1v) is 9.38. The summed E-state index contributed by atoms with van der Waals surface area (Å²) in [6.07, 6.45) is -3.95. The van der Waals surface area contributed by atoms with Gasteiger partial charge in [0.1, 0.15) is 11.9 Å². The Morgan fingerprint density at radius 2 is 1.84 bits per heavy atom. The Hall–Kier alpha value is -3.88. The minimum absolute atomic E-state index is 0.0357. The van der Waals surface area contributed by atoms with E-state index in [1.807, 2.05) is 9.80 Å². The first-order valence-electron chi connectivity index (χ1n) is 9.38. The number of anilines is 2. The van der Waals surface area contributed by atoms with E-state index in [9.17, 15) is 23.3 Å². The molecule has 4 rings (SSSR count). The van der Waals surface area contributed by atoms with Crippen LogP contribution >= 0.6 is 0 Å². The maximum absolute atomic E-state index is 13.0. The third-order valence-electron chi connectivity index (χ3n) is 5.08. The van der Waals surface area contributed by atoms with Gasteiger partial charge in [-0.05, 0) is 24.6 Å². The van der Waals surface area contributed by atoms with Crippen molar-refractivity contribution in [1.29, 1.82) is 5.26 Å². The van der Waals surface area contributed by atoms with Gasteiger partial charge >= 0.3 is 6.18 Å². The molecule has 0 spiro atoms. The van der Waals surface area contributed by atoms with Gasteiger partial charge in [0.05, 0.1) is 21.5 Å². The summed E-state index contributed by atoms with van der Waals surface area (Å²) in [5.74, 6) is 0.877. The zero-order valence-electron chi connectivity index (χ0n) is 16.1. The number of nitro groups is 1. The molecule has 0 radical (unpaired) electrons. The molecule has 0 bridgehead atoms. The normalized spacial score (nSPS) is 15.0. The molecule has 3 aromatic rings. The van der Waals surface area contributed by atoms with E-state index >= 15 is 0 Å². The Bertz CT molecular complexity index is 1190. The highest BCUT2D eigenvalue weighted by Gasteiger charge is 2.35. The van der Waals surface area contributed by atoms with Gasteiger partial charge in [0.25, 0.3) is 5.69 Å². The standard InChI is InChI=1S/C19H16F3N7O2/c20-19(21,22)13-3-5-17(24-16(13)11-23)27-6-1-7-28(9-8-27)18-25-14-4-2-12(29(30)31)10-15(14)26-18/h2-5,10H,1,6-9H2,(H,25,26). The third kappa shape index (κ3) is 4.07. The van der Waals surface area contributed by atoms with Crippen molar-refractivity contribution in [3.8, 4) is 6.07 Å². The summed E-state index contributed by atoms with van der Waals surface area (Å²) in [6, 6.07) is 8.08. The number of benzene rings is 1. The molecule has 0 unspecified atom stereocenters. The molecule has 0 saturated carbocycles. The summed E-state index contributed by atoms with van der Waals surface area (Å²) >= 11 is 0. The predicted molar refractivity (Wildman–Crippen MR) is 106 cm³/mol. The highest BCUT2D eigenvalue weighted by Crippen LogP contribution is 2.32. The van der Waals surface area contributed by atoms with Crippen LogP contribution in [-0.4, -0.2) is 46.1 Å².